The minimum atomic E-state index is -3.74. The summed E-state index contributed by atoms with van der Waals surface area (Å²) in [7, 11) is -2.24. The monoisotopic (exact) mass is 433 g/mol. The lowest BCUT2D eigenvalue weighted by Gasteiger charge is -2.31. The fourth-order valence-electron chi connectivity index (χ4n) is 3.46. The van der Waals surface area contributed by atoms with Crippen LogP contribution in [0.1, 0.15) is 18.4 Å². The summed E-state index contributed by atoms with van der Waals surface area (Å²) in [6.07, 6.45) is 1.08. The molecule has 10 heteroatoms. The van der Waals surface area contributed by atoms with Crippen LogP contribution in [-0.2, 0) is 14.8 Å². The Kier molecular flexibility index (Phi) is 6.37. The quantitative estimate of drug-likeness (QED) is 0.553. The number of carbonyl (C=O) groups is 1. The number of rotatable bonds is 6. The van der Waals surface area contributed by atoms with Gasteiger partial charge in [0.15, 0.2) is 0 Å². The Balaban J connectivity index is 1.75. The summed E-state index contributed by atoms with van der Waals surface area (Å²) in [6.45, 7) is 1.94. The number of amides is 1. The van der Waals surface area contributed by atoms with Crippen LogP contribution in [0.5, 0.6) is 5.75 Å². The van der Waals surface area contributed by atoms with Crippen LogP contribution in [0.4, 0.5) is 11.4 Å². The molecule has 3 rings (SSSR count). The molecule has 2 aromatic carbocycles. The standard InChI is InChI=1S/C20H23N3O6S/c1-14-18(6-3-7-19(14)23(25)26)21-20(24)15-5-4-12-22(13-15)30(27,28)17-10-8-16(29-2)9-11-17/h3,6-11,15H,4-5,12-13H2,1-2H3,(H,21,24)/t15-/m0/s1. The summed E-state index contributed by atoms with van der Waals surface area (Å²) in [5.41, 5.74) is 0.624. The van der Waals surface area contributed by atoms with Crippen molar-refractivity contribution in [1.82, 2.24) is 4.31 Å². The van der Waals surface area contributed by atoms with Gasteiger partial charge in [-0.3, -0.25) is 14.9 Å². The largest absolute Gasteiger partial charge is 0.497 e. The van der Waals surface area contributed by atoms with Crippen molar-refractivity contribution in [2.75, 3.05) is 25.5 Å². The Hall–Kier alpha value is -2.98. The molecule has 30 heavy (non-hydrogen) atoms. The van der Waals surface area contributed by atoms with E-state index in [9.17, 15) is 23.3 Å². The number of nitrogens with zero attached hydrogens (tertiary/aromatic N) is 2. The highest BCUT2D eigenvalue weighted by Crippen LogP contribution is 2.28. The molecule has 0 radical (unpaired) electrons. The third-order valence-electron chi connectivity index (χ3n) is 5.21. The Morgan fingerprint density at radius 1 is 1.23 bits per heavy atom. The molecule has 0 aliphatic carbocycles. The molecule has 0 spiro atoms. The second kappa shape index (κ2) is 8.80. The second-order valence-corrected chi connectivity index (χ2v) is 9.01. The average molecular weight is 433 g/mol. The summed E-state index contributed by atoms with van der Waals surface area (Å²) < 4.78 is 32.3. The summed E-state index contributed by atoms with van der Waals surface area (Å²) in [4.78, 5) is 23.5. The first-order chi connectivity index (χ1) is 14.2. The van der Waals surface area contributed by atoms with Crippen molar-refractivity contribution in [1.29, 1.82) is 0 Å². The second-order valence-electron chi connectivity index (χ2n) is 7.07. The molecular weight excluding hydrogens is 410 g/mol. The van der Waals surface area contributed by atoms with E-state index in [0.717, 1.165) is 0 Å². The Morgan fingerprint density at radius 2 is 1.93 bits per heavy atom. The molecule has 1 aliphatic rings. The number of anilines is 1. The van der Waals surface area contributed by atoms with Gasteiger partial charge in [0.2, 0.25) is 15.9 Å². The molecule has 9 nitrogen and oxygen atoms in total. The van der Waals surface area contributed by atoms with E-state index in [1.54, 1.807) is 25.1 Å². The molecule has 1 heterocycles. The Morgan fingerprint density at radius 3 is 2.57 bits per heavy atom. The van der Waals surface area contributed by atoms with Crippen molar-refractivity contribution >= 4 is 27.3 Å². The number of nitrogens with one attached hydrogen (secondary N) is 1. The number of hydrogen-bond acceptors (Lipinski definition) is 6. The van der Waals surface area contributed by atoms with E-state index in [0.29, 0.717) is 36.4 Å². The van der Waals surface area contributed by atoms with Crippen LogP contribution in [-0.4, -0.2) is 43.8 Å². The lowest BCUT2D eigenvalue weighted by molar-refractivity contribution is -0.385. The molecular formula is C20H23N3O6S. The predicted molar refractivity (Wildman–Crippen MR) is 111 cm³/mol. The molecule has 0 unspecified atom stereocenters. The zero-order valence-corrected chi connectivity index (χ0v) is 17.5. The van der Waals surface area contributed by atoms with Crippen LogP contribution >= 0.6 is 0 Å². The zero-order chi connectivity index (χ0) is 21.9. The fraction of sp³-hybridized carbons (Fsp3) is 0.350. The molecule has 1 N–H and O–H groups in total. The van der Waals surface area contributed by atoms with Gasteiger partial charge in [-0.25, -0.2) is 8.42 Å². The van der Waals surface area contributed by atoms with E-state index in [-0.39, 0.29) is 23.0 Å². The van der Waals surface area contributed by atoms with Crippen LogP contribution < -0.4 is 10.1 Å². The van der Waals surface area contributed by atoms with E-state index < -0.39 is 20.9 Å². The van der Waals surface area contributed by atoms with Gasteiger partial charge in [0.05, 0.1) is 34.1 Å². The first-order valence-corrected chi connectivity index (χ1v) is 10.9. The third kappa shape index (κ3) is 4.44. The molecule has 1 fully saturated rings. The van der Waals surface area contributed by atoms with Crippen LogP contribution in [0.3, 0.4) is 0 Å². The normalized spacial score (nSPS) is 17.3. The van der Waals surface area contributed by atoms with Gasteiger partial charge in [-0.2, -0.15) is 4.31 Å². The molecule has 1 amide bonds. The molecule has 1 atom stereocenters. The number of sulfonamides is 1. The molecule has 1 aliphatic heterocycles. The van der Waals surface area contributed by atoms with Crippen LogP contribution in [0, 0.1) is 23.0 Å². The number of benzene rings is 2. The van der Waals surface area contributed by atoms with E-state index in [1.807, 2.05) is 0 Å². The number of piperidine rings is 1. The Bertz CT molecular complexity index is 1050. The van der Waals surface area contributed by atoms with Gasteiger partial charge in [-0.15, -0.1) is 0 Å². The first-order valence-electron chi connectivity index (χ1n) is 9.43. The van der Waals surface area contributed by atoms with Crippen molar-refractivity contribution in [2.24, 2.45) is 5.92 Å². The van der Waals surface area contributed by atoms with Gasteiger partial charge in [0.25, 0.3) is 5.69 Å². The summed E-state index contributed by atoms with van der Waals surface area (Å²) in [6, 6.07) is 10.6. The van der Waals surface area contributed by atoms with Gasteiger partial charge < -0.3 is 10.1 Å². The highest BCUT2D eigenvalue weighted by molar-refractivity contribution is 7.89. The maximum absolute atomic E-state index is 13.0. The highest BCUT2D eigenvalue weighted by Gasteiger charge is 2.33. The maximum Gasteiger partial charge on any atom is 0.274 e. The molecule has 1 saturated heterocycles. The van der Waals surface area contributed by atoms with Gasteiger partial charge in [0, 0.05) is 19.2 Å². The minimum Gasteiger partial charge on any atom is -0.497 e. The molecule has 160 valence electrons. The SMILES string of the molecule is COc1ccc(S(=O)(=O)N2CCC[C@H](C(=O)Nc3cccc([N+](=O)[O-])c3C)C2)cc1. The maximum atomic E-state index is 13.0. The van der Waals surface area contributed by atoms with Gasteiger partial charge >= 0.3 is 0 Å². The fourth-order valence-corrected chi connectivity index (χ4v) is 4.99. The van der Waals surface area contributed by atoms with Gasteiger partial charge in [0.1, 0.15) is 5.75 Å². The first kappa shape index (κ1) is 21.7. The number of hydrogen-bond donors (Lipinski definition) is 1. The summed E-state index contributed by atoms with van der Waals surface area (Å²) >= 11 is 0. The van der Waals surface area contributed by atoms with Crippen molar-refractivity contribution in [3.63, 3.8) is 0 Å². The predicted octanol–water partition coefficient (Wildman–Crippen LogP) is 2.95. The number of nitro groups is 1. The minimum absolute atomic E-state index is 0.0498. The summed E-state index contributed by atoms with van der Waals surface area (Å²) in [5.74, 6) is -0.351. The highest BCUT2D eigenvalue weighted by atomic mass is 32.2. The van der Waals surface area contributed by atoms with E-state index in [2.05, 4.69) is 5.32 Å². The van der Waals surface area contributed by atoms with Crippen LogP contribution in [0.25, 0.3) is 0 Å². The van der Waals surface area contributed by atoms with Gasteiger partial charge in [-0.1, -0.05) is 6.07 Å². The molecule has 0 bridgehead atoms. The zero-order valence-electron chi connectivity index (χ0n) is 16.7. The lowest BCUT2D eigenvalue weighted by atomic mass is 9.98. The van der Waals surface area contributed by atoms with Crippen molar-refractivity contribution in [2.45, 2.75) is 24.7 Å². The van der Waals surface area contributed by atoms with E-state index in [4.69, 9.17) is 4.74 Å². The molecule has 0 aromatic heterocycles. The number of nitro benzene ring substituents is 1. The molecule has 2 aromatic rings. The van der Waals surface area contributed by atoms with Crippen molar-refractivity contribution < 1.29 is 22.9 Å². The van der Waals surface area contributed by atoms with E-state index >= 15 is 0 Å². The van der Waals surface area contributed by atoms with Crippen LogP contribution in [0.15, 0.2) is 47.4 Å². The van der Waals surface area contributed by atoms with Gasteiger partial charge in [-0.05, 0) is 50.1 Å². The average Bonchev–Trinajstić information content (AvgIpc) is 2.75. The van der Waals surface area contributed by atoms with Crippen LogP contribution in [0.2, 0.25) is 0 Å². The topological polar surface area (TPSA) is 119 Å². The van der Waals surface area contributed by atoms with Crippen molar-refractivity contribution in [3.8, 4) is 5.75 Å². The smallest absolute Gasteiger partial charge is 0.274 e. The Labute approximate surface area is 174 Å². The number of ether oxygens (including phenoxy) is 1. The third-order valence-corrected chi connectivity index (χ3v) is 7.09. The number of carbonyl (C=O) groups excluding carboxylic acids is 1. The number of methoxy groups -OCH3 is 1. The summed E-state index contributed by atoms with van der Waals surface area (Å²) in [5, 5.41) is 13.8. The molecule has 0 saturated carbocycles. The van der Waals surface area contributed by atoms with Crippen molar-refractivity contribution in [3.05, 3.63) is 58.1 Å². The lowest BCUT2D eigenvalue weighted by Crippen LogP contribution is -2.43. The van der Waals surface area contributed by atoms with E-state index in [1.165, 1.54) is 35.7 Å².